The summed E-state index contributed by atoms with van der Waals surface area (Å²) in [5.74, 6) is -0.139. The van der Waals surface area contributed by atoms with Crippen LogP contribution in [0.2, 0.25) is 0 Å². The lowest BCUT2D eigenvalue weighted by Crippen LogP contribution is -2.47. The SMILES string of the molecule is CC(C)(C)OC(=O)N1[C@@H](C(=O)N2[C@H](c3ccccc3)COC2(C)C)[C@@H]1c1ccc(Br)cc1. The maximum Gasteiger partial charge on any atom is 0.411 e. The van der Waals surface area contributed by atoms with Crippen LogP contribution >= 0.6 is 15.9 Å². The van der Waals surface area contributed by atoms with Crippen molar-refractivity contribution >= 4 is 27.9 Å². The number of nitrogens with zero attached hydrogens (tertiary/aromatic N) is 2. The van der Waals surface area contributed by atoms with Crippen LogP contribution in [0.25, 0.3) is 0 Å². The molecule has 2 aliphatic heterocycles. The average Bonchev–Trinajstić information content (AvgIpc) is 3.38. The summed E-state index contributed by atoms with van der Waals surface area (Å²) in [6, 6.07) is 16.3. The Labute approximate surface area is 197 Å². The number of ether oxygens (including phenoxy) is 2. The van der Waals surface area contributed by atoms with Crippen LogP contribution in [0.1, 0.15) is 57.8 Å². The van der Waals surface area contributed by atoms with Crippen molar-refractivity contribution in [3.63, 3.8) is 0 Å². The summed E-state index contributed by atoms with van der Waals surface area (Å²) in [6.45, 7) is 9.66. The molecule has 4 rings (SSSR count). The van der Waals surface area contributed by atoms with E-state index in [1.807, 2.05) is 89.2 Å². The van der Waals surface area contributed by atoms with Crippen LogP contribution in [0.4, 0.5) is 4.79 Å². The first-order valence-corrected chi connectivity index (χ1v) is 11.6. The largest absolute Gasteiger partial charge is 0.444 e. The molecule has 2 heterocycles. The summed E-state index contributed by atoms with van der Waals surface area (Å²) in [5.41, 5.74) is 0.465. The van der Waals surface area contributed by atoms with Crippen molar-refractivity contribution in [3.05, 3.63) is 70.2 Å². The molecule has 2 fully saturated rings. The Morgan fingerprint density at radius 2 is 1.66 bits per heavy atom. The van der Waals surface area contributed by atoms with Gasteiger partial charge in [0.2, 0.25) is 0 Å². The fourth-order valence-corrected chi connectivity index (χ4v) is 4.58. The van der Waals surface area contributed by atoms with Gasteiger partial charge in [-0.2, -0.15) is 0 Å². The number of benzene rings is 2. The zero-order valence-electron chi connectivity index (χ0n) is 19.0. The highest BCUT2D eigenvalue weighted by molar-refractivity contribution is 9.10. The summed E-state index contributed by atoms with van der Waals surface area (Å²) in [6.07, 6.45) is -0.488. The number of amides is 2. The first-order chi connectivity index (χ1) is 15.0. The highest BCUT2D eigenvalue weighted by atomic mass is 79.9. The van der Waals surface area contributed by atoms with Gasteiger partial charge < -0.3 is 14.4 Å². The standard InChI is InChI=1S/C25H29BrN2O4/c1-24(2,3)32-23(30)27-20(17-11-13-18(26)14-12-17)21(27)22(29)28-19(15-31-25(28,4)5)16-9-7-6-8-10-16/h6-14,19-21H,15H2,1-5H3/t19-,20-,21+,27?/m0/s1. The Morgan fingerprint density at radius 1 is 1.03 bits per heavy atom. The Hall–Kier alpha value is -2.38. The number of carbonyl (C=O) groups is 2. The summed E-state index contributed by atoms with van der Waals surface area (Å²) in [4.78, 5) is 30.2. The lowest BCUT2D eigenvalue weighted by atomic mass is 10.0. The van der Waals surface area contributed by atoms with Crippen molar-refractivity contribution < 1.29 is 19.1 Å². The Bertz CT molecular complexity index is 1000. The van der Waals surface area contributed by atoms with Gasteiger partial charge in [0.1, 0.15) is 17.4 Å². The maximum absolute atomic E-state index is 13.9. The van der Waals surface area contributed by atoms with Gasteiger partial charge in [0.15, 0.2) is 0 Å². The Kier molecular flexibility index (Phi) is 5.84. The van der Waals surface area contributed by atoms with E-state index >= 15 is 0 Å². The van der Waals surface area contributed by atoms with Crippen LogP contribution in [0.15, 0.2) is 59.1 Å². The predicted octanol–water partition coefficient (Wildman–Crippen LogP) is 5.45. The Morgan fingerprint density at radius 3 is 2.25 bits per heavy atom. The van der Waals surface area contributed by atoms with E-state index in [0.717, 1.165) is 15.6 Å². The predicted molar refractivity (Wildman–Crippen MR) is 125 cm³/mol. The third-order valence-corrected chi connectivity index (χ3v) is 6.31. The first kappa shape index (κ1) is 22.8. The van der Waals surface area contributed by atoms with Gasteiger partial charge in [-0.3, -0.25) is 9.69 Å². The van der Waals surface area contributed by atoms with Gasteiger partial charge in [-0.15, -0.1) is 0 Å². The minimum atomic E-state index is -0.788. The molecule has 2 amide bonds. The van der Waals surface area contributed by atoms with Gasteiger partial charge in [-0.25, -0.2) is 4.79 Å². The van der Waals surface area contributed by atoms with Gasteiger partial charge in [0.05, 0.1) is 18.7 Å². The second kappa shape index (κ2) is 8.19. The van der Waals surface area contributed by atoms with Crippen LogP contribution in [-0.4, -0.2) is 45.8 Å². The molecule has 0 bridgehead atoms. The highest BCUT2D eigenvalue weighted by Crippen LogP contribution is 2.48. The highest BCUT2D eigenvalue weighted by Gasteiger charge is 2.61. The second-order valence-electron chi connectivity index (χ2n) is 9.72. The van der Waals surface area contributed by atoms with E-state index in [-0.39, 0.29) is 18.0 Å². The quantitative estimate of drug-likeness (QED) is 0.526. The van der Waals surface area contributed by atoms with Crippen molar-refractivity contribution in [2.45, 2.75) is 64.1 Å². The lowest BCUT2D eigenvalue weighted by Gasteiger charge is -2.34. The molecule has 3 atom stereocenters. The molecule has 2 aromatic carbocycles. The van der Waals surface area contributed by atoms with Gasteiger partial charge in [-0.05, 0) is 57.9 Å². The first-order valence-electron chi connectivity index (χ1n) is 10.8. The van der Waals surface area contributed by atoms with E-state index < -0.39 is 23.5 Å². The lowest BCUT2D eigenvalue weighted by molar-refractivity contribution is -0.146. The molecule has 7 heteroatoms. The molecule has 0 spiro atoms. The number of halogens is 1. The van der Waals surface area contributed by atoms with E-state index in [1.54, 1.807) is 4.90 Å². The third-order valence-electron chi connectivity index (χ3n) is 5.79. The molecule has 0 unspecified atom stereocenters. The Balaban J connectivity index is 1.67. The van der Waals surface area contributed by atoms with Crippen LogP contribution in [0.3, 0.4) is 0 Å². The van der Waals surface area contributed by atoms with Gasteiger partial charge in [0.25, 0.3) is 5.91 Å². The van der Waals surface area contributed by atoms with Gasteiger partial charge in [0, 0.05) is 4.47 Å². The topological polar surface area (TPSA) is 58.9 Å². The van der Waals surface area contributed by atoms with Crippen LogP contribution in [-0.2, 0) is 14.3 Å². The monoisotopic (exact) mass is 500 g/mol. The number of hydrogen-bond donors (Lipinski definition) is 0. The van der Waals surface area contributed by atoms with Gasteiger partial charge >= 0.3 is 6.09 Å². The van der Waals surface area contributed by atoms with E-state index in [2.05, 4.69) is 15.9 Å². The molecule has 6 nitrogen and oxygen atoms in total. The number of rotatable bonds is 3. The van der Waals surface area contributed by atoms with Crippen molar-refractivity contribution in [3.8, 4) is 0 Å². The van der Waals surface area contributed by atoms with Crippen LogP contribution in [0, 0.1) is 0 Å². The molecule has 0 aromatic heterocycles. The molecular formula is C25H29BrN2O4. The molecule has 32 heavy (non-hydrogen) atoms. The summed E-state index contributed by atoms with van der Waals surface area (Å²) in [7, 11) is 0. The van der Waals surface area contributed by atoms with E-state index in [4.69, 9.17) is 9.47 Å². The average molecular weight is 501 g/mol. The zero-order valence-corrected chi connectivity index (χ0v) is 20.6. The summed E-state index contributed by atoms with van der Waals surface area (Å²) >= 11 is 3.45. The molecule has 2 saturated heterocycles. The molecule has 170 valence electrons. The van der Waals surface area contributed by atoms with Crippen molar-refractivity contribution in [2.24, 2.45) is 0 Å². The molecule has 0 N–H and O–H groups in total. The molecular weight excluding hydrogens is 472 g/mol. The van der Waals surface area contributed by atoms with Crippen LogP contribution in [0.5, 0.6) is 0 Å². The van der Waals surface area contributed by atoms with Crippen molar-refractivity contribution in [2.75, 3.05) is 6.61 Å². The second-order valence-corrected chi connectivity index (χ2v) is 10.6. The normalized spacial score (nSPS) is 24.4. The zero-order chi connectivity index (χ0) is 23.3. The molecule has 0 saturated carbocycles. The molecule has 2 aromatic rings. The minimum Gasteiger partial charge on any atom is -0.444 e. The van der Waals surface area contributed by atoms with Crippen molar-refractivity contribution in [1.82, 2.24) is 9.80 Å². The number of carbonyl (C=O) groups excluding carboxylic acids is 2. The fourth-order valence-electron chi connectivity index (χ4n) is 4.31. The van der Waals surface area contributed by atoms with E-state index in [9.17, 15) is 9.59 Å². The molecule has 2 aliphatic rings. The minimum absolute atomic E-state index is 0.139. The van der Waals surface area contributed by atoms with Crippen LogP contribution < -0.4 is 0 Å². The third kappa shape index (κ3) is 4.41. The number of hydrogen-bond acceptors (Lipinski definition) is 4. The van der Waals surface area contributed by atoms with E-state index in [0.29, 0.717) is 6.61 Å². The molecule has 0 aliphatic carbocycles. The summed E-state index contributed by atoms with van der Waals surface area (Å²) < 4.78 is 12.6. The summed E-state index contributed by atoms with van der Waals surface area (Å²) in [5, 5.41) is 0. The smallest absolute Gasteiger partial charge is 0.411 e. The fraction of sp³-hybridized carbons (Fsp3) is 0.440. The van der Waals surface area contributed by atoms with Crippen molar-refractivity contribution in [1.29, 1.82) is 0 Å². The maximum atomic E-state index is 13.9. The van der Waals surface area contributed by atoms with E-state index in [1.165, 1.54) is 4.90 Å². The van der Waals surface area contributed by atoms with Gasteiger partial charge in [-0.1, -0.05) is 58.4 Å². The molecule has 0 radical (unpaired) electrons.